The molecule has 10 heavy (non-hydrogen) atoms. The number of carbonyl (C=O) groups is 1. The Labute approximate surface area is 64.5 Å². The van der Waals surface area contributed by atoms with Crippen molar-refractivity contribution < 1.29 is 4.79 Å². The molecule has 0 N–H and O–H groups in total. The highest BCUT2D eigenvalue weighted by molar-refractivity contribution is 7.76. The molecule has 0 amide bonds. The maximum atomic E-state index is 10.3. The quantitative estimate of drug-likeness (QED) is 0.446. The Kier molecular flexibility index (Phi) is 4.89. The van der Waals surface area contributed by atoms with Gasteiger partial charge in [0.05, 0.1) is 18.5 Å². The highest BCUT2D eigenvalue weighted by Crippen LogP contribution is 2.56. The van der Waals surface area contributed by atoms with Gasteiger partial charge in [0, 0.05) is 7.26 Å². The number of rotatable bonds is 5. The van der Waals surface area contributed by atoms with Crippen LogP contribution < -0.4 is 0 Å². The first kappa shape index (κ1) is 10.1. The van der Waals surface area contributed by atoms with Gasteiger partial charge in [-0.15, -0.1) is 0 Å². The van der Waals surface area contributed by atoms with Crippen LogP contribution in [0.5, 0.6) is 0 Å². The Morgan fingerprint density at radius 1 is 1.10 bits per heavy atom. The summed E-state index contributed by atoms with van der Waals surface area (Å²) in [5, 5.41) is 0. The molecular formula is C8H18OP+. The molecule has 0 aliphatic rings. The molecule has 0 aromatic heterocycles. The van der Waals surface area contributed by atoms with Crippen molar-refractivity contribution in [1.82, 2.24) is 0 Å². The predicted molar refractivity (Wildman–Crippen MR) is 49.5 cm³/mol. The maximum absolute atomic E-state index is 10.3. The van der Waals surface area contributed by atoms with Gasteiger partial charge in [-0.25, -0.2) is 0 Å². The monoisotopic (exact) mass is 161 g/mol. The van der Waals surface area contributed by atoms with E-state index in [-0.39, 0.29) is 0 Å². The van der Waals surface area contributed by atoms with E-state index in [2.05, 4.69) is 20.8 Å². The van der Waals surface area contributed by atoms with Crippen molar-refractivity contribution in [3.63, 3.8) is 0 Å². The highest BCUT2D eigenvalue weighted by atomic mass is 31.2. The van der Waals surface area contributed by atoms with E-state index < -0.39 is 7.26 Å². The Bertz CT molecular complexity index is 89.2. The van der Waals surface area contributed by atoms with E-state index in [9.17, 15) is 4.79 Å². The van der Waals surface area contributed by atoms with E-state index in [1.54, 1.807) is 0 Å². The zero-order chi connectivity index (χ0) is 8.04. The first-order chi connectivity index (χ1) is 4.74. The normalized spacial score (nSPS) is 11.5. The molecule has 0 radical (unpaired) electrons. The molecule has 2 heteroatoms. The van der Waals surface area contributed by atoms with Crippen molar-refractivity contribution >= 4 is 13.5 Å². The Hall–Kier alpha value is 0.100. The van der Waals surface area contributed by atoms with Gasteiger partial charge < -0.3 is 0 Å². The molecular weight excluding hydrogens is 143 g/mol. The minimum Gasteiger partial charge on any atom is -0.299 e. The van der Waals surface area contributed by atoms with Crippen LogP contribution in [0, 0.1) is 0 Å². The summed E-state index contributed by atoms with van der Waals surface area (Å²) in [6.07, 6.45) is 5.65. The lowest BCUT2D eigenvalue weighted by Crippen LogP contribution is -2.07. The molecule has 0 heterocycles. The van der Waals surface area contributed by atoms with E-state index in [4.69, 9.17) is 0 Å². The molecule has 0 aromatic rings. The van der Waals surface area contributed by atoms with Gasteiger partial charge in [-0.05, 0) is 20.8 Å². The van der Waals surface area contributed by atoms with Crippen LogP contribution in [0.15, 0.2) is 0 Å². The van der Waals surface area contributed by atoms with Crippen molar-refractivity contribution in [3.05, 3.63) is 0 Å². The molecule has 0 fully saturated rings. The largest absolute Gasteiger partial charge is 0.299 e. The third-order valence-electron chi connectivity index (χ3n) is 2.47. The van der Waals surface area contributed by atoms with Gasteiger partial charge in [0.2, 0.25) is 0 Å². The summed E-state index contributed by atoms with van der Waals surface area (Å²) in [5.74, 6) is 0. The minimum absolute atomic E-state index is 0.807. The number of hydrogen-bond donors (Lipinski definition) is 0. The lowest BCUT2D eigenvalue weighted by Gasteiger charge is -2.20. The van der Waals surface area contributed by atoms with E-state index in [1.165, 1.54) is 18.5 Å². The first-order valence-corrected chi connectivity index (χ1v) is 6.56. The standard InChI is InChI=1S/C8H18OP/c1-4-10(5-2,6-3)8-7-9/h7H,4-6,8H2,1-3H3/q+1. The van der Waals surface area contributed by atoms with Crippen LogP contribution in [-0.4, -0.2) is 30.9 Å². The summed E-state index contributed by atoms with van der Waals surface area (Å²) in [4.78, 5) is 10.3. The third kappa shape index (κ3) is 2.38. The molecule has 1 nitrogen and oxygen atoms in total. The molecule has 0 spiro atoms. The summed E-state index contributed by atoms with van der Waals surface area (Å²) in [5.41, 5.74) is 0. The average Bonchev–Trinajstić information content (AvgIpc) is 2.01. The number of aldehydes is 1. The summed E-state index contributed by atoms with van der Waals surface area (Å²) >= 11 is 0. The molecule has 0 aliphatic heterocycles. The summed E-state index contributed by atoms with van der Waals surface area (Å²) < 4.78 is 0. The van der Waals surface area contributed by atoms with Crippen molar-refractivity contribution in [3.8, 4) is 0 Å². The molecule has 0 atom stereocenters. The van der Waals surface area contributed by atoms with Gasteiger partial charge in [0.25, 0.3) is 0 Å². The Balaban J connectivity index is 4.00. The highest BCUT2D eigenvalue weighted by Gasteiger charge is 2.29. The summed E-state index contributed by atoms with van der Waals surface area (Å²) in [6.45, 7) is 6.64. The van der Waals surface area contributed by atoms with Gasteiger partial charge >= 0.3 is 0 Å². The van der Waals surface area contributed by atoms with Crippen LogP contribution in [0.3, 0.4) is 0 Å². The molecule has 0 bridgehead atoms. The Morgan fingerprint density at radius 3 is 1.60 bits per heavy atom. The lowest BCUT2D eigenvalue weighted by molar-refractivity contribution is -0.105. The zero-order valence-corrected chi connectivity index (χ0v) is 8.16. The molecule has 0 aliphatic carbocycles. The van der Waals surface area contributed by atoms with Crippen LogP contribution in [0.2, 0.25) is 0 Å². The SMILES string of the molecule is CC[P+](CC)(CC)CC=O. The fourth-order valence-corrected chi connectivity index (χ4v) is 3.65. The van der Waals surface area contributed by atoms with Crippen LogP contribution in [-0.2, 0) is 4.79 Å². The molecule has 0 rings (SSSR count). The van der Waals surface area contributed by atoms with Gasteiger partial charge in [0.15, 0.2) is 6.29 Å². The first-order valence-electron chi connectivity index (χ1n) is 4.03. The second-order valence-electron chi connectivity index (χ2n) is 2.64. The Morgan fingerprint density at radius 2 is 1.50 bits per heavy atom. The van der Waals surface area contributed by atoms with Crippen LogP contribution in [0.4, 0.5) is 0 Å². The van der Waals surface area contributed by atoms with Crippen molar-refractivity contribution in [2.45, 2.75) is 20.8 Å². The predicted octanol–water partition coefficient (Wildman–Crippen LogP) is 2.26. The summed E-state index contributed by atoms with van der Waals surface area (Å²) in [7, 11) is -0.807. The molecule has 0 unspecified atom stereocenters. The maximum Gasteiger partial charge on any atom is 0.157 e. The van der Waals surface area contributed by atoms with Crippen LogP contribution in [0.25, 0.3) is 0 Å². The minimum atomic E-state index is -0.807. The van der Waals surface area contributed by atoms with E-state index in [0.29, 0.717) is 0 Å². The van der Waals surface area contributed by atoms with Crippen molar-refractivity contribution in [1.29, 1.82) is 0 Å². The molecule has 0 saturated heterocycles. The van der Waals surface area contributed by atoms with Crippen molar-refractivity contribution in [2.75, 3.05) is 24.6 Å². The fraction of sp³-hybridized carbons (Fsp3) is 0.875. The smallest absolute Gasteiger partial charge is 0.157 e. The average molecular weight is 161 g/mol. The van der Waals surface area contributed by atoms with Crippen molar-refractivity contribution in [2.24, 2.45) is 0 Å². The summed E-state index contributed by atoms with van der Waals surface area (Å²) in [6, 6.07) is 0. The third-order valence-corrected chi connectivity index (χ3v) is 7.42. The molecule has 60 valence electrons. The topological polar surface area (TPSA) is 17.1 Å². The second-order valence-corrected chi connectivity index (χ2v) is 7.59. The van der Waals surface area contributed by atoms with Crippen LogP contribution >= 0.6 is 7.26 Å². The van der Waals surface area contributed by atoms with Gasteiger partial charge in [-0.2, -0.15) is 0 Å². The number of carbonyl (C=O) groups excluding carboxylic acids is 1. The van der Waals surface area contributed by atoms with E-state index in [1.807, 2.05) is 0 Å². The van der Waals surface area contributed by atoms with E-state index >= 15 is 0 Å². The molecule has 0 saturated carbocycles. The zero-order valence-electron chi connectivity index (χ0n) is 7.26. The molecule has 0 aromatic carbocycles. The van der Waals surface area contributed by atoms with Gasteiger partial charge in [-0.3, -0.25) is 4.79 Å². The van der Waals surface area contributed by atoms with Gasteiger partial charge in [0.1, 0.15) is 6.16 Å². The lowest BCUT2D eigenvalue weighted by atomic mass is 10.9. The fourth-order valence-electron chi connectivity index (χ4n) is 1.22. The van der Waals surface area contributed by atoms with Gasteiger partial charge in [-0.1, -0.05) is 0 Å². The number of hydrogen-bond acceptors (Lipinski definition) is 1. The van der Waals surface area contributed by atoms with E-state index in [0.717, 1.165) is 12.4 Å². The second kappa shape index (κ2) is 4.85. The van der Waals surface area contributed by atoms with Crippen LogP contribution in [0.1, 0.15) is 20.8 Å².